The van der Waals surface area contributed by atoms with E-state index in [1.807, 2.05) is 24.0 Å². The van der Waals surface area contributed by atoms with Crippen molar-refractivity contribution in [1.82, 2.24) is 9.88 Å². The van der Waals surface area contributed by atoms with Gasteiger partial charge in [0.25, 0.3) is 5.91 Å². The summed E-state index contributed by atoms with van der Waals surface area (Å²) in [6.45, 7) is 4.97. The lowest BCUT2D eigenvalue weighted by Gasteiger charge is -2.27. The number of amides is 1. The molecule has 0 saturated heterocycles. The summed E-state index contributed by atoms with van der Waals surface area (Å²) in [5.41, 5.74) is 1.000. The summed E-state index contributed by atoms with van der Waals surface area (Å²) in [5, 5.41) is 0. The molecule has 0 aliphatic rings. The maximum atomic E-state index is 12.7. The number of carbonyl (C=O) groups excluding carboxylic acids is 1. The molecule has 0 fully saturated rings. The number of nitrogens with zero attached hydrogens (tertiary/aromatic N) is 2. The third kappa shape index (κ3) is 3.95. The van der Waals surface area contributed by atoms with E-state index in [-0.39, 0.29) is 11.9 Å². The standard InChI is InChI=1S/C17H22N2O3/c1-4-13(2)19(11-14-6-5-9-18-10-14)17(20)16-8-7-15(22-16)12-21-3/h5-10,13H,4,11-12H2,1-3H3. The van der Waals surface area contributed by atoms with Gasteiger partial charge in [0.15, 0.2) is 5.76 Å². The molecule has 5 heteroatoms. The van der Waals surface area contributed by atoms with Crippen molar-refractivity contribution >= 4 is 5.91 Å². The lowest BCUT2D eigenvalue weighted by molar-refractivity contribution is 0.0631. The molecule has 2 heterocycles. The first-order chi connectivity index (χ1) is 10.7. The lowest BCUT2D eigenvalue weighted by atomic mass is 10.1. The smallest absolute Gasteiger partial charge is 0.290 e. The van der Waals surface area contributed by atoms with Crippen LogP contribution in [0.3, 0.4) is 0 Å². The summed E-state index contributed by atoms with van der Waals surface area (Å²) >= 11 is 0. The summed E-state index contributed by atoms with van der Waals surface area (Å²) in [7, 11) is 1.60. The van der Waals surface area contributed by atoms with E-state index in [0.29, 0.717) is 24.7 Å². The summed E-state index contributed by atoms with van der Waals surface area (Å²) in [6.07, 6.45) is 4.38. The number of hydrogen-bond acceptors (Lipinski definition) is 4. The Morgan fingerprint density at radius 2 is 2.23 bits per heavy atom. The quantitative estimate of drug-likeness (QED) is 0.787. The summed E-state index contributed by atoms with van der Waals surface area (Å²) < 4.78 is 10.6. The second kappa shape index (κ2) is 7.75. The highest BCUT2D eigenvalue weighted by atomic mass is 16.5. The van der Waals surface area contributed by atoms with E-state index >= 15 is 0 Å². The van der Waals surface area contributed by atoms with E-state index in [9.17, 15) is 4.79 Å². The highest BCUT2D eigenvalue weighted by molar-refractivity contribution is 5.91. The average molecular weight is 302 g/mol. The molecule has 0 aromatic carbocycles. The molecule has 0 aliphatic carbocycles. The van der Waals surface area contributed by atoms with E-state index < -0.39 is 0 Å². The van der Waals surface area contributed by atoms with Gasteiger partial charge in [-0.1, -0.05) is 13.0 Å². The Balaban J connectivity index is 2.18. The minimum absolute atomic E-state index is 0.111. The highest BCUT2D eigenvalue weighted by Crippen LogP contribution is 2.17. The molecular formula is C17H22N2O3. The number of furan rings is 1. The molecule has 0 spiro atoms. The predicted molar refractivity (Wildman–Crippen MR) is 83.3 cm³/mol. The van der Waals surface area contributed by atoms with Gasteiger partial charge < -0.3 is 14.1 Å². The molecule has 1 unspecified atom stereocenters. The Labute approximate surface area is 130 Å². The zero-order valence-corrected chi connectivity index (χ0v) is 13.3. The SMILES string of the molecule is CCC(C)N(Cc1cccnc1)C(=O)c1ccc(COC)o1. The number of methoxy groups -OCH3 is 1. The van der Waals surface area contributed by atoms with Crippen molar-refractivity contribution < 1.29 is 13.9 Å². The summed E-state index contributed by atoms with van der Waals surface area (Å²) in [6, 6.07) is 7.43. The van der Waals surface area contributed by atoms with Crippen molar-refractivity contribution in [3.8, 4) is 0 Å². The van der Waals surface area contributed by atoms with Crippen LogP contribution in [0.1, 0.15) is 42.1 Å². The van der Waals surface area contributed by atoms with Crippen LogP contribution in [0, 0.1) is 0 Å². The third-order valence-electron chi connectivity index (χ3n) is 3.62. The first-order valence-electron chi connectivity index (χ1n) is 7.43. The molecule has 2 aromatic heterocycles. The molecule has 22 heavy (non-hydrogen) atoms. The van der Waals surface area contributed by atoms with Crippen LogP contribution in [0.15, 0.2) is 41.1 Å². The van der Waals surface area contributed by atoms with Crippen molar-refractivity contribution in [3.05, 3.63) is 53.7 Å². The number of pyridine rings is 1. The topological polar surface area (TPSA) is 55.6 Å². The zero-order chi connectivity index (χ0) is 15.9. The van der Waals surface area contributed by atoms with Crippen LogP contribution < -0.4 is 0 Å². The highest BCUT2D eigenvalue weighted by Gasteiger charge is 2.23. The summed E-state index contributed by atoms with van der Waals surface area (Å²) in [4.78, 5) is 18.7. The van der Waals surface area contributed by atoms with E-state index in [1.54, 1.807) is 31.6 Å². The number of carbonyl (C=O) groups is 1. The largest absolute Gasteiger partial charge is 0.453 e. The van der Waals surface area contributed by atoms with Gasteiger partial charge in [-0.25, -0.2) is 0 Å². The molecule has 5 nitrogen and oxygen atoms in total. The lowest BCUT2D eigenvalue weighted by Crippen LogP contribution is -2.37. The number of aromatic nitrogens is 1. The van der Waals surface area contributed by atoms with Crippen LogP contribution in [0.4, 0.5) is 0 Å². The van der Waals surface area contributed by atoms with Gasteiger partial charge in [0.1, 0.15) is 12.4 Å². The number of rotatable bonds is 7. The van der Waals surface area contributed by atoms with Gasteiger partial charge in [-0.2, -0.15) is 0 Å². The van der Waals surface area contributed by atoms with Gasteiger partial charge in [0, 0.05) is 32.1 Å². The van der Waals surface area contributed by atoms with Crippen LogP contribution in [0.2, 0.25) is 0 Å². The fraction of sp³-hybridized carbons (Fsp3) is 0.412. The van der Waals surface area contributed by atoms with Crippen molar-refractivity contribution in [3.63, 3.8) is 0 Å². The first-order valence-corrected chi connectivity index (χ1v) is 7.43. The Morgan fingerprint density at radius 3 is 2.86 bits per heavy atom. The van der Waals surface area contributed by atoms with Crippen LogP contribution in [-0.4, -0.2) is 28.9 Å². The maximum absolute atomic E-state index is 12.7. The zero-order valence-electron chi connectivity index (χ0n) is 13.3. The Bertz CT molecular complexity index is 595. The van der Waals surface area contributed by atoms with Gasteiger partial charge >= 0.3 is 0 Å². The fourth-order valence-corrected chi connectivity index (χ4v) is 2.19. The number of hydrogen-bond donors (Lipinski definition) is 0. The maximum Gasteiger partial charge on any atom is 0.290 e. The second-order valence-electron chi connectivity index (χ2n) is 5.25. The van der Waals surface area contributed by atoms with Crippen molar-refractivity contribution in [1.29, 1.82) is 0 Å². The molecule has 0 aliphatic heterocycles. The Kier molecular flexibility index (Phi) is 5.72. The monoisotopic (exact) mass is 302 g/mol. The van der Waals surface area contributed by atoms with Crippen molar-refractivity contribution in [2.45, 2.75) is 39.5 Å². The normalized spacial score (nSPS) is 12.1. The minimum atomic E-state index is -0.111. The van der Waals surface area contributed by atoms with E-state index in [0.717, 1.165) is 12.0 Å². The van der Waals surface area contributed by atoms with Crippen molar-refractivity contribution in [2.24, 2.45) is 0 Å². The Morgan fingerprint density at radius 1 is 1.41 bits per heavy atom. The van der Waals surface area contributed by atoms with Gasteiger partial charge in [0.05, 0.1) is 0 Å². The minimum Gasteiger partial charge on any atom is -0.453 e. The van der Waals surface area contributed by atoms with Crippen LogP contribution in [-0.2, 0) is 17.9 Å². The van der Waals surface area contributed by atoms with E-state index in [4.69, 9.17) is 9.15 Å². The molecule has 118 valence electrons. The third-order valence-corrected chi connectivity index (χ3v) is 3.62. The second-order valence-corrected chi connectivity index (χ2v) is 5.25. The van der Waals surface area contributed by atoms with E-state index in [2.05, 4.69) is 11.9 Å². The van der Waals surface area contributed by atoms with Gasteiger partial charge in [-0.3, -0.25) is 9.78 Å². The molecule has 0 saturated carbocycles. The van der Waals surface area contributed by atoms with Gasteiger partial charge in [0.2, 0.25) is 0 Å². The molecule has 1 amide bonds. The van der Waals surface area contributed by atoms with Gasteiger partial charge in [-0.05, 0) is 37.1 Å². The fourth-order valence-electron chi connectivity index (χ4n) is 2.19. The van der Waals surface area contributed by atoms with Crippen molar-refractivity contribution in [2.75, 3.05) is 7.11 Å². The van der Waals surface area contributed by atoms with Crippen LogP contribution >= 0.6 is 0 Å². The number of ether oxygens (including phenoxy) is 1. The van der Waals surface area contributed by atoms with Crippen LogP contribution in [0.5, 0.6) is 0 Å². The Hall–Kier alpha value is -2.14. The predicted octanol–water partition coefficient (Wildman–Crippen LogP) is 3.26. The van der Waals surface area contributed by atoms with Crippen LogP contribution in [0.25, 0.3) is 0 Å². The molecule has 2 aromatic rings. The molecular weight excluding hydrogens is 280 g/mol. The molecule has 2 rings (SSSR count). The average Bonchev–Trinajstić information content (AvgIpc) is 3.01. The molecule has 0 radical (unpaired) electrons. The van der Waals surface area contributed by atoms with Gasteiger partial charge in [-0.15, -0.1) is 0 Å². The van der Waals surface area contributed by atoms with E-state index in [1.165, 1.54) is 0 Å². The summed E-state index contributed by atoms with van der Waals surface area (Å²) in [5.74, 6) is 0.883. The molecule has 0 bridgehead atoms. The molecule has 0 N–H and O–H groups in total. The first kappa shape index (κ1) is 16.2. The molecule has 1 atom stereocenters.